The molecule has 0 unspecified atom stereocenters. The first-order valence-electron chi connectivity index (χ1n) is 5.11. The van der Waals surface area contributed by atoms with E-state index in [1.165, 1.54) is 25.7 Å². The van der Waals surface area contributed by atoms with Gasteiger partial charge in [-0.3, -0.25) is 0 Å². The monoisotopic (exact) mass is 195 g/mol. The second-order valence-electron chi connectivity index (χ2n) is 4.02. The zero-order valence-corrected chi connectivity index (χ0v) is 8.94. The Morgan fingerprint density at radius 1 is 1.54 bits per heavy atom. The van der Waals surface area contributed by atoms with Gasteiger partial charge in [-0.15, -0.1) is 11.3 Å². The molecule has 0 fully saturated rings. The van der Waals surface area contributed by atoms with Gasteiger partial charge in [0.05, 0.1) is 0 Å². The van der Waals surface area contributed by atoms with Crippen LogP contribution in [0.2, 0.25) is 0 Å². The van der Waals surface area contributed by atoms with Crippen LogP contribution in [0.5, 0.6) is 0 Å². The highest BCUT2D eigenvalue weighted by atomic mass is 32.1. The van der Waals surface area contributed by atoms with Crippen molar-refractivity contribution >= 4 is 11.3 Å². The Kier molecular flexibility index (Phi) is 2.70. The molecule has 2 N–H and O–H groups in total. The van der Waals surface area contributed by atoms with Crippen LogP contribution in [0, 0.1) is 0 Å². The van der Waals surface area contributed by atoms with Crippen LogP contribution in [0.1, 0.15) is 42.5 Å². The van der Waals surface area contributed by atoms with Crippen LogP contribution >= 0.6 is 11.3 Å². The van der Waals surface area contributed by atoms with Crippen molar-refractivity contribution in [3.63, 3.8) is 0 Å². The van der Waals surface area contributed by atoms with E-state index in [2.05, 4.69) is 18.4 Å². The van der Waals surface area contributed by atoms with Gasteiger partial charge in [-0.2, -0.15) is 0 Å². The highest BCUT2D eigenvalue weighted by Crippen LogP contribution is 2.35. The fourth-order valence-corrected chi connectivity index (χ4v) is 3.40. The first-order valence-corrected chi connectivity index (χ1v) is 5.99. The molecule has 72 valence electrons. The highest BCUT2D eigenvalue weighted by Gasteiger charge is 2.22. The van der Waals surface area contributed by atoms with Gasteiger partial charge in [-0.25, -0.2) is 0 Å². The molecule has 1 aliphatic rings. The smallest absolute Gasteiger partial charge is 0.0123 e. The average molecular weight is 195 g/mol. The lowest BCUT2D eigenvalue weighted by Gasteiger charge is -2.18. The predicted molar refractivity (Wildman–Crippen MR) is 58.3 cm³/mol. The summed E-state index contributed by atoms with van der Waals surface area (Å²) < 4.78 is 0. The SMILES string of the molecule is C[C@H](N)[C@@H]1CCCCc2ccsc21. The standard InChI is InChI=1S/C11H17NS/c1-8(12)10-5-3-2-4-9-6-7-13-11(9)10/h6-8,10H,2-5,12H2,1H3/t8-,10-/m0/s1. The summed E-state index contributed by atoms with van der Waals surface area (Å²) in [5, 5.41) is 2.21. The minimum Gasteiger partial charge on any atom is -0.327 e. The van der Waals surface area contributed by atoms with Gasteiger partial charge in [0.25, 0.3) is 0 Å². The Morgan fingerprint density at radius 2 is 2.38 bits per heavy atom. The number of aryl methyl sites for hydroxylation is 1. The summed E-state index contributed by atoms with van der Waals surface area (Å²) in [6.45, 7) is 2.14. The maximum absolute atomic E-state index is 6.02. The van der Waals surface area contributed by atoms with Gasteiger partial charge >= 0.3 is 0 Å². The molecule has 0 aromatic carbocycles. The molecule has 0 amide bonds. The van der Waals surface area contributed by atoms with Gasteiger partial charge in [-0.05, 0) is 43.2 Å². The van der Waals surface area contributed by atoms with Crippen molar-refractivity contribution in [2.24, 2.45) is 5.73 Å². The van der Waals surface area contributed by atoms with Crippen molar-refractivity contribution in [2.45, 2.75) is 44.6 Å². The lowest BCUT2D eigenvalue weighted by Crippen LogP contribution is -2.24. The topological polar surface area (TPSA) is 26.0 Å². The second-order valence-corrected chi connectivity index (χ2v) is 4.97. The molecule has 0 saturated heterocycles. The van der Waals surface area contributed by atoms with E-state index < -0.39 is 0 Å². The van der Waals surface area contributed by atoms with Gasteiger partial charge in [0.2, 0.25) is 0 Å². The molecular formula is C11H17NS. The molecule has 0 bridgehead atoms. The summed E-state index contributed by atoms with van der Waals surface area (Å²) in [4.78, 5) is 1.56. The van der Waals surface area contributed by atoms with Crippen molar-refractivity contribution in [1.29, 1.82) is 0 Å². The van der Waals surface area contributed by atoms with E-state index in [4.69, 9.17) is 5.73 Å². The van der Waals surface area contributed by atoms with E-state index in [1.807, 2.05) is 11.3 Å². The molecule has 1 heterocycles. The number of nitrogens with two attached hydrogens (primary N) is 1. The number of hydrogen-bond donors (Lipinski definition) is 1. The molecule has 1 aromatic heterocycles. The van der Waals surface area contributed by atoms with Gasteiger partial charge < -0.3 is 5.73 Å². The van der Waals surface area contributed by atoms with E-state index in [0.717, 1.165) is 0 Å². The fourth-order valence-electron chi connectivity index (χ4n) is 2.19. The number of hydrogen-bond acceptors (Lipinski definition) is 2. The summed E-state index contributed by atoms with van der Waals surface area (Å²) in [5.74, 6) is 0.623. The van der Waals surface area contributed by atoms with Gasteiger partial charge in [0.1, 0.15) is 0 Å². The van der Waals surface area contributed by atoms with Gasteiger partial charge in [0.15, 0.2) is 0 Å². The fraction of sp³-hybridized carbons (Fsp3) is 0.636. The third-order valence-electron chi connectivity index (χ3n) is 2.96. The van der Waals surface area contributed by atoms with Crippen molar-refractivity contribution in [2.75, 3.05) is 0 Å². The number of fused-ring (bicyclic) bond motifs is 1. The summed E-state index contributed by atoms with van der Waals surface area (Å²) in [7, 11) is 0. The molecule has 2 heteroatoms. The molecule has 0 saturated carbocycles. The Morgan fingerprint density at radius 3 is 3.15 bits per heavy atom. The minimum absolute atomic E-state index is 0.315. The van der Waals surface area contributed by atoms with Gasteiger partial charge in [-0.1, -0.05) is 6.42 Å². The van der Waals surface area contributed by atoms with E-state index in [1.54, 1.807) is 10.4 Å². The molecule has 1 aliphatic carbocycles. The zero-order valence-electron chi connectivity index (χ0n) is 8.12. The molecule has 2 rings (SSSR count). The molecule has 0 radical (unpaired) electrons. The van der Waals surface area contributed by atoms with Gasteiger partial charge in [0, 0.05) is 16.8 Å². The molecule has 0 aliphatic heterocycles. The Hall–Kier alpha value is -0.340. The van der Waals surface area contributed by atoms with E-state index in [-0.39, 0.29) is 0 Å². The first-order chi connectivity index (χ1) is 6.29. The maximum Gasteiger partial charge on any atom is 0.0123 e. The second kappa shape index (κ2) is 3.81. The van der Waals surface area contributed by atoms with Crippen LogP contribution in [0.15, 0.2) is 11.4 Å². The lowest BCUT2D eigenvalue weighted by molar-refractivity contribution is 0.523. The zero-order chi connectivity index (χ0) is 9.26. The minimum atomic E-state index is 0.315. The van der Waals surface area contributed by atoms with E-state index >= 15 is 0 Å². The molecule has 1 aromatic rings. The van der Waals surface area contributed by atoms with Crippen LogP contribution < -0.4 is 5.73 Å². The van der Waals surface area contributed by atoms with Crippen molar-refractivity contribution in [1.82, 2.24) is 0 Å². The van der Waals surface area contributed by atoms with Crippen LogP contribution in [-0.4, -0.2) is 6.04 Å². The summed E-state index contributed by atoms with van der Waals surface area (Å²) in [6, 6.07) is 2.59. The average Bonchev–Trinajstić information content (AvgIpc) is 2.44. The van der Waals surface area contributed by atoms with Crippen LogP contribution in [-0.2, 0) is 6.42 Å². The molecule has 0 spiro atoms. The van der Waals surface area contributed by atoms with E-state index in [0.29, 0.717) is 12.0 Å². The van der Waals surface area contributed by atoms with Crippen LogP contribution in [0.3, 0.4) is 0 Å². The lowest BCUT2D eigenvalue weighted by atomic mass is 9.95. The Labute approximate surface area is 84.0 Å². The molecule has 13 heavy (non-hydrogen) atoms. The number of rotatable bonds is 1. The molecule has 1 nitrogen and oxygen atoms in total. The van der Waals surface area contributed by atoms with Crippen molar-refractivity contribution in [3.8, 4) is 0 Å². The van der Waals surface area contributed by atoms with E-state index in [9.17, 15) is 0 Å². The first kappa shape index (κ1) is 9.22. The van der Waals surface area contributed by atoms with Crippen LogP contribution in [0.4, 0.5) is 0 Å². The third-order valence-corrected chi connectivity index (χ3v) is 4.05. The Balaban J connectivity index is 2.30. The predicted octanol–water partition coefficient (Wildman–Crippen LogP) is 2.91. The Bertz CT molecular complexity index is 277. The van der Waals surface area contributed by atoms with Crippen LogP contribution in [0.25, 0.3) is 0 Å². The summed E-state index contributed by atoms with van der Waals surface area (Å²) in [5.41, 5.74) is 7.58. The number of thiophene rings is 1. The van der Waals surface area contributed by atoms with Crippen molar-refractivity contribution < 1.29 is 0 Å². The highest BCUT2D eigenvalue weighted by molar-refractivity contribution is 7.10. The van der Waals surface area contributed by atoms with Crippen molar-refractivity contribution in [3.05, 3.63) is 21.9 Å². The quantitative estimate of drug-likeness (QED) is 0.685. The normalized spacial score (nSPS) is 24.9. The summed E-state index contributed by atoms with van der Waals surface area (Å²) >= 11 is 1.90. The largest absolute Gasteiger partial charge is 0.327 e. The summed E-state index contributed by atoms with van der Waals surface area (Å²) in [6.07, 6.45) is 5.23. The third kappa shape index (κ3) is 1.79. The molecular weight excluding hydrogens is 178 g/mol. The maximum atomic E-state index is 6.02. The molecule has 2 atom stereocenters.